The maximum atomic E-state index is 13.1. The molecule has 3 rings (SSSR count). The molecule has 0 spiro atoms. The van der Waals surface area contributed by atoms with E-state index in [1.807, 2.05) is 6.07 Å². The van der Waals surface area contributed by atoms with Crippen LogP contribution in [0.4, 0.5) is 18.9 Å². The lowest BCUT2D eigenvalue weighted by Crippen LogP contribution is -2.16. The molecule has 0 saturated carbocycles. The molecule has 0 aliphatic heterocycles. The Morgan fingerprint density at radius 3 is 2.70 bits per heavy atom. The molecular weight excluding hydrogens is 439 g/mol. The van der Waals surface area contributed by atoms with E-state index in [9.17, 15) is 18.0 Å². The Balaban J connectivity index is 1.78. The number of alkyl halides is 3. The predicted octanol–water partition coefficient (Wildman–Crippen LogP) is 3.83. The van der Waals surface area contributed by atoms with Gasteiger partial charge in [0.1, 0.15) is 24.0 Å². The van der Waals surface area contributed by atoms with Crippen molar-refractivity contribution in [2.24, 2.45) is 0 Å². The van der Waals surface area contributed by atoms with Crippen molar-refractivity contribution in [2.45, 2.75) is 32.9 Å². The molecule has 0 atom stereocenters. The van der Waals surface area contributed by atoms with Crippen molar-refractivity contribution < 1.29 is 27.4 Å². The lowest BCUT2D eigenvalue weighted by Gasteiger charge is -2.16. The second-order valence-electron chi connectivity index (χ2n) is 7.26. The molecule has 0 aliphatic rings. The van der Waals surface area contributed by atoms with Gasteiger partial charge < -0.3 is 14.8 Å². The van der Waals surface area contributed by atoms with E-state index in [2.05, 4.69) is 15.4 Å². The van der Waals surface area contributed by atoms with Gasteiger partial charge in [0, 0.05) is 24.9 Å². The van der Waals surface area contributed by atoms with Crippen molar-refractivity contribution in [3.8, 4) is 11.8 Å². The number of hydrogen-bond donors (Lipinski definition) is 1. The monoisotopic (exact) mass is 461 g/mol. The quantitative estimate of drug-likeness (QED) is 0.512. The van der Waals surface area contributed by atoms with Crippen molar-refractivity contribution in [1.82, 2.24) is 14.6 Å². The summed E-state index contributed by atoms with van der Waals surface area (Å²) in [6, 6.07) is 4.94. The number of aryl methyl sites for hydroxylation is 2. The molecule has 1 N–H and O–H groups in total. The third-order valence-electron chi connectivity index (χ3n) is 5.06. The van der Waals surface area contributed by atoms with Gasteiger partial charge in [-0.25, -0.2) is 9.50 Å². The largest absolute Gasteiger partial charge is 0.489 e. The fraction of sp³-hybridized carbons (Fsp3) is 0.364. The van der Waals surface area contributed by atoms with Crippen molar-refractivity contribution in [1.29, 1.82) is 5.26 Å². The number of nitriles is 1. The Kier molecular flexibility index (Phi) is 7.18. The second-order valence-corrected chi connectivity index (χ2v) is 7.26. The number of ether oxygens (including phenoxy) is 2. The Morgan fingerprint density at radius 1 is 1.27 bits per heavy atom. The first-order chi connectivity index (χ1) is 15.7. The summed E-state index contributed by atoms with van der Waals surface area (Å²) in [7, 11) is 1.47. The van der Waals surface area contributed by atoms with Crippen molar-refractivity contribution in [3.05, 3.63) is 52.5 Å². The van der Waals surface area contributed by atoms with Crippen molar-refractivity contribution >= 4 is 17.2 Å². The number of halogens is 3. The molecule has 0 aliphatic carbocycles. The zero-order valence-corrected chi connectivity index (χ0v) is 18.3. The fourth-order valence-corrected chi connectivity index (χ4v) is 3.37. The van der Waals surface area contributed by atoms with E-state index < -0.39 is 17.6 Å². The summed E-state index contributed by atoms with van der Waals surface area (Å²) in [6.45, 7) is 3.92. The normalized spacial score (nSPS) is 11.4. The zero-order valence-electron chi connectivity index (χ0n) is 18.3. The minimum atomic E-state index is -4.56. The standard InChI is InChI=1S/C22H22F3N5O3/c1-13-17(14(2)30-21(28-13)15(11-26)12-27-30)5-7-20(31)29-18-10-16(22(23,24)25)4-6-19(18)33-9-8-32-3/h4,6,10,12H,5,7-9H2,1-3H3,(H,29,31). The molecule has 1 aromatic carbocycles. The molecular formula is C22H22F3N5O3. The lowest BCUT2D eigenvalue weighted by molar-refractivity contribution is -0.137. The lowest BCUT2D eigenvalue weighted by atomic mass is 10.1. The number of fused-ring (bicyclic) bond motifs is 1. The first kappa shape index (κ1) is 24.0. The summed E-state index contributed by atoms with van der Waals surface area (Å²) >= 11 is 0. The first-order valence-corrected chi connectivity index (χ1v) is 10.0. The molecule has 0 radical (unpaired) electrons. The number of nitrogens with zero attached hydrogens (tertiary/aromatic N) is 4. The summed E-state index contributed by atoms with van der Waals surface area (Å²) in [4.78, 5) is 17.0. The van der Waals surface area contributed by atoms with Gasteiger partial charge in [0.05, 0.1) is 24.1 Å². The zero-order chi connectivity index (χ0) is 24.2. The number of rotatable bonds is 8. The maximum absolute atomic E-state index is 13.1. The average Bonchev–Trinajstić information content (AvgIpc) is 3.17. The van der Waals surface area contributed by atoms with E-state index >= 15 is 0 Å². The van der Waals surface area contributed by atoms with Crippen molar-refractivity contribution in [2.75, 3.05) is 25.6 Å². The highest BCUT2D eigenvalue weighted by atomic mass is 19.4. The van der Waals surface area contributed by atoms with E-state index in [0.29, 0.717) is 16.9 Å². The van der Waals surface area contributed by atoms with Crippen LogP contribution in [0, 0.1) is 25.2 Å². The smallest absolute Gasteiger partial charge is 0.416 e. The van der Waals surface area contributed by atoms with Gasteiger partial charge in [0.15, 0.2) is 5.65 Å². The van der Waals surface area contributed by atoms with Gasteiger partial charge in [-0.05, 0) is 44.0 Å². The highest BCUT2D eigenvalue weighted by molar-refractivity contribution is 5.92. The minimum Gasteiger partial charge on any atom is -0.489 e. The summed E-state index contributed by atoms with van der Waals surface area (Å²) in [5, 5.41) is 15.9. The fourth-order valence-electron chi connectivity index (χ4n) is 3.37. The van der Waals surface area contributed by atoms with Gasteiger partial charge in [-0.3, -0.25) is 4.79 Å². The molecule has 2 heterocycles. The van der Waals surface area contributed by atoms with Gasteiger partial charge in [0.25, 0.3) is 0 Å². The highest BCUT2D eigenvalue weighted by Gasteiger charge is 2.31. The van der Waals surface area contributed by atoms with Crippen molar-refractivity contribution in [3.63, 3.8) is 0 Å². The van der Waals surface area contributed by atoms with Crippen LogP contribution in [-0.2, 0) is 22.1 Å². The number of anilines is 1. The average molecular weight is 461 g/mol. The second kappa shape index (κ2) is 9.87. The van der Waals surface area contributed by atoms with Crippen LogP contribution in [0.1, 0.15) is 34.5 Å². The molecule has 0 bridgehead atoms. The van der Waals surface area contributed by atoms with Crippen LogP contribution >= 0.6 is 0 Å². The van der Waals surface area contributed by atoms with Crippen LogP contribution in [0.25, 0.3) is 5.65 Å². The Labute approximate surface area is 187 Å². The van der Waals surface area contributed by atoms with Gasteiger partial charge in [-0.2, -0.15) is 23.5 Å². The number of methoxy groups -OCH3 is 1. The van der Waals surface area contributed by atoms with Gasteiger partial charge in [-0.15, -0.1) is 0 Å². The van der Waals surface area contributed by atoms with E-state index in [-0.39, 0.29) is 37.5 Å². The third kappa shape index (κ3) is 5.40. The number of carbonyl (C=O) groups is 1. The Morgan fingerprint density at radius 2 is 2.03 bits per heavy atom. The van der Waals surface area contributed by atoms with E-state index in [4.69, 9.17) is 14.7 Å². The predicted molar refractivity (Wildman–Crippen MR) is 113 cm³/mol. The van der Waals surface area contributed by atoms with Crippen LogP contribution in [0.15, 0.2) is 24.4 Å². The minimum absolute atomic E-state index is 0.00496. The van der Waals surface area contributed by atoms with Gasteiger partial charge in [0.2, 0.25) is 5.91 Å². The van der Waals surface area contributed by atoms with Crippen LogP contribution in [0.2, 0.25) is 0 Å². The molecule has 8 nitrogen and oxygen atoms in total. The topological polar surface area (TPSA) is 102 Å². The molecule has 1 amide bonds. The molecule has 174 valence electrons. The molecule has 2 aromatic heterocycles. The number of aromatic nitrogens is 3. The van der Waals surface area contributed by atoms with Crippen LogP contribution < -0.4 is 10.1 Å². The van der Waals surface area contributed by atoms with E-state index in [1.54, 1.807) is 13.8 Å². The van der Waals surface area contributed by atoms with E-state index in [0.717, 1.165) is 23.4 Å². The first-order valence-electron chi connectivity index (χ1n) is 10.0. The summed E-state index contributed by atoms with van der Waals surface area (Å²) in [6.07, 6.45) is -2.86. The summed E-state index contributed by atoms with van der Waals surface area (Å²) in [5.41, 5.74) is 1.95. The number of hydrogen-bond acceptors (Lipinski definition) is 6. The number of carbonyl (C=O) groups excluding carboxylic acids is 1. The summed E-state index contributed by atoms with van der Waals surface area (Å²) < 4.78 is 51.3. The molecule has 11 heteroatoms. The Bertz CT molecular complexity index is 1210. The van der Waals surface area contributed by atoms with Crippen LogP contribution in [0.3, 0.4) is 0 Å². The van der Waals surface area contributed by atoms with Crippen LogP contribution in [0.5, 0.6) is 5.75 Å². The molecule has 0 saturated heterocycles. The van der Waals surface area contributed by atoms with E-state index in [1.165, 1.54) is 23.9 Å². The maximum Gasteiger partial charge on any atom is 0.416 e. The molecule has 0 unspecified atom stereocenters. The SMILES string of the molecule is COCCOc1ccc(C(F)(F)F)cc1NC(=O)CCc1c(C)nc2c(C#N)cnn2c1C. The van der Waals surface area contributed by atoms with Gasteiger partial charge >= 0.3 is 6.18 Å². The van der Waals surface area contributed by atoms with Gasteiger partial charge in [-0.1, -0.05) is 0 Å². The third-order valence-corrected chi connectivity index (χ3v) is 5.06. The number of benzene rings is 1. The number of amides is 1. The molecule has 0 fully saturated rings. The van der Waals surface area contributed by atoms with Crippen LogP contribution in [-0.4, -0.2) is 40.8 Å². The highest BCUT2D eigenvalue weighted by Crippen LogP contribution is 2.35. The number of nitrogens with one attached hydrogen (secondary N) is 1. The molecule has 3 aromatic rings. The summed E-state index contributed by atoms with van der Waals surface area (Å²) in [5.74, 6) is -0.368. The molecule has 33 heavy (non-hydrogen) atoms. The Hall–Kier alpha value is -3.65.